The molecule has 0 fully saturated rings. The summed E-state index contributed by atoms with van der Waals surface area (Å²) in [6, 6.07) is 14.8. The zero-order chi connectivity index (χ0) is 23.1. The van der Waals surface area contributed by atoms with Gasteiger partial charge in [-0.1, -0.05) is 23.4 Å². The molecule has 1 aromatic carbocycles. The Hall–Kier alpha value is -4.26. The Balaban J connectivity index is 1.73. The normalized spacial score (nSPS) is 12.2. The lowest BCUT2D eigenvalue weighted by Gasteiger charge is -2.14. The fraction of sp³-hybridized carbons (Fsp3) is 0.154. The van der Waals surface area contributed by atoms with Crippen molar-refractivity contribution in [3.63, 3.8) is 0 Å². The first-order valence-electron chi connectivity index (χ1n) is 10.6. The monoisotopic (exact) mass is 438 g/mol. The van der Waals surface area contributed by atoms with Crippen LogP contribution >= 0.6 is 0 Å². The third kappa shape index (κ3) is 3.57. The molecule has 1 N–H and O–H groups in total. The highest BCUT2D eigenvalue weighted by atomic mass is 16.5. The highest BCUT2D eigenvalue weighted by Crippen LogP contribution is 2.36. The molecule has 0 aliphatic rings. The zero-order valence-electron chi connectivity index (χ0n) is 18.5. The van der Waals surface area contributed by atoms with Crippen LogP contribution in [0.5, 0.6) is 0 Å². The van der Waals surface area contributed by atoms with Gasteiger partial charge in [0.2, 0.25) is 0 Å². The third-order valence-electron chi connectivity index (χ3n) is 5.97. The minimum Gasteiger partial charge on any atom is -0.478 e. The van der Waals surface area contributed by atoms with E-state index in [2.05, 4.69) is 33.9 Å². The fourth-order valence-corrected chi connectivity index (χ4v) is 4.25. The van der Waals surface area contributed by atoms with Gasteiger partial charge in [0.1, 0.15) is 11.4 Å². The summed E-state index contributed by atoms with van der Waals surface area (Å²) in [7, 11) is 0. The van der Waals surface area contributed by atoms with E-state index < -0.39 is 5.97 Å². The molecule has 0 amide bonds. The molecule has 0 radical (unpaired) electrons. The highest BCUT2D eigenvalue weighted by molar-refractivity contribution is 5.97. The minimum atomic E-state index is -0.949. The van der Waals surface area contributed by atoms with Crippen molar-refractivity contribution in [1.29, 1.82) is 0 Å². The van der Waals surface area contributed by atoms with Crippen LogP contribution in [-0.2, 0) is 0 Å². The summed E-state index contributed by atoms with van der Waals surface area (Å²) >= 11 is 0. The van der Waals surface area contributed by atoms with Gasteiger partial charge in [0.05, 0.1) is 23.0 Å². The van der Waals surface area contributed by atoms with Gasteiger partial charge in [-0.25, -0.2) is 9.78 Å². The second-order valence-corrected chi connectivity index (χ2v) is 8.06. The van der Waals surface area contributed by atoms with Crippen molar-refractivity contribution in [3.8, 4) is 22.3 Å². The standard InChI is InChI=1S/C26H22N4O3/c1-15-24(17(3)33-29-15)20-12-21-22(18-7-9-19(10-8-18)26(31)32)14-30(25(21)28-13-20)16(2)23-6-4-5-11-27-23/h4-14,16H,1-3H3,(H,31,32)/t16-/m0/s1. The van der Waals surface area contributed by atoms with Gasteiger partial charge in [-0.3, -0.25) is 4.98 Å². The molecule has 164 valence electrons. The van der Waals surface area contributed by atoms with Gasteiger partial charge in [-0.2, -0.15) is 0 Å². The van der Waals surface area contributed by atoms with Gasteiger partial charge in [0.25, 0.3) is 0 Å². The number of aromatic carboxylic acids is 1. The molecule has 7 nitrogen and oxygen atoms in total. The SMILES string of the molecule is Cc1noc(C)c1-c1cnc2c(c1)c(-c1ccc(C(=O)O)cc1)cn2[C@@H](C)c1ccccn1. The molecule has 4 aromatic heterocycles. The second-order valence-electron chi connectivity index (χ2n) is 8.06. The molecular weight excluding hydrogens is 416 g/mol. The number of hydrogen-bond acceptors (Lipinski definition) is 5. The molecule has 5 aromatic rings. The van der Waals surface area contributed by atoms with Crippen LogP contribution in [0.2, 0.25) is 0 Å². The van der Waals surface area contributed by atoms with E-state index in [4.69, 9.17) is 9.51 Å². The Morgan fingerprint density at radius 2 is 1.85 bits per heavy atom. The number of rotatable bonds is 5. The predicted octanol–water partition coefficient (Wildman–Crippen LogP) is 5.68. The van der Waals surface area contributed by atoms with Crippen LogP contribution in [0.3, 0.4) is 0 Å². The predicted molar refractivity (Wildman–Crippen MR) is 125 cm³/mol. The summed E-state index contributed by atoms with van der Waals surface area (Å²) < 4.78 is 7.47. The summed E-state index contributed by atoms with van der Waals surface area (Å²) in [4.78, 5) is 20.7. The number of nitrogens with zero attached hydrogens (tertiary/aromatic N) is 4. The number of carboxylic acids is 1. The van der Waals surface area contributed by atoms with Crippen LogP contribution in [0.4, 0.5) is 0 Å². The number of carbonyl (C=O) groups is 1. The Kier molecular flexibility index (Phi) is 5.01. The van der Waals surface area contributed by atoms with Crippen LogP contribution in [0.25, 0.3) is 33.3 Å². The zero-order valence-corrected chi connectivity index (χ0v) is 18.5. The molecule has 33 heavy (non-hydrogen) atoms. The first-order valence-corrected chi connectivity index (χ1v) is 10.6. The molecule has 0 aliphatic heterocycles. The van der Waals surface area contributed by atoms with Crippen molar-refractivity contribution in [2.75, 3.05) is 0 Å². The lowest BCUT2D eigenvalue weighted by atomic mass is 10.0. The van der Waals surface area contributed by atoms with E-state index in [1.54, 1.807) is 18.3 Å². The van der Waals surface area contributed by atoms with Crippen molar-refractivity contribution in [3.05, 3.63) is 89.8 Å². The van der Waals surface area contributed by atoms with Crippen LogP contribution in [0, 0.1) is 13.8 Å². The smallest absolute Gasteiger partial charge is 0.335 e. The number of aromatic nitrogens is 4. The average molecular weight is 438 g/mol. The van der Waals surface area contributed by atoms with Gasteiger partial charge in [0, 0.05) is 40.7 Å². The Bertz CT molecular complexity index is 1450. The Labute approximate surface area is 190 Å². The van der Waals surface area contributed by atoms with Crippen molar-refractivity contribution < 1.29 is 14.4 Å². The van der Waals surface area contributed by atoms with E-state index in [0.717, 1.165) is 50.4 Å². The molecule has 0 saturated carbocycles. The average Bonchev–Trinajstić information content (AvgIpc) is 3.38. The molecule has 0 aliphatic carbocycles. The van der Waals surface area contributed by atoms with Gasteiger partial charge in [0.15, 0.2) is 0 Å². The van der Waals surface area contributed by atoms with Crippen LogP contribution in [-0.4, -0.2) is 30.8 Å². The lowest BCUT2D eigenvalue weighted by molar-refractivity contribution is 0.0697. The van der Waals surface area contributed by atoms with E-state index in [9.17, 15) is 9.90 Å². The molecule has 0 saturated heterocycles. The first-order chi connectivity index (χ1) is 15.9. The fourth-order valence-electron chi connectivity index (χ4n) is 4.25. The number of aryl methyl sites for hydroxylation is 2. The number of benzene rings is 1. The quantitative estimate of drug-likeness (QED) is 0.379. The van der Waals surface area contributed by atoms with Crippen LogP contribution in [0.15, 0.2) is 71.6 Å². The van der Waals surface area contributed by atoms with Crippen LogP contribution < -0.4 is 0 Å². The van der Waals surface area contributed by atoms with E-state index >= 15 is 0 Å². The van der Waals surface area contributed by atoms with Crippen molar-refractivity contribution in [2.24, 2.45) is 0 Å². The molecule has 7 heteroatoms. The van der Waals surface area contributed by atoms with E-state index in [-0.39, 0.29) is 11.6 Å². The van der Waals surface area contributed by atoms with Gasteiger partial charge < -0.3 is 14.2 Å². The summed E-state index contributed by atoms with van der Waals surface area (Å²) in [5.74, 6) is -0.211. The highest BCUT2D eigenvalue weighted by Gasteiger charge is 2.20. The molecule has 0 spiro atoms. The summed E-state index contributed by atoms with van der Waals surface area (Å²) in [6.45, 7) is 5.89. The number of hydrogen-bond donors (Lipinski definition) is 1. The molecule has 4 heterocycles. The maximum atomic E-state index is 11.3. The van der Waals surface area contributed by atoms with Crippen molar-refractivity contribution in [2.45, 2.75) is 26.8 Å². The largest absolute Gasteiger partial charge is 0.478 e. The Morgan fingerprint density at radius 1 is 1.06 bits per heavy atom. The second kappa shape index (κ2) is 8.02. The lowest BCUT2D eigenvalue weighted by Crippen LogP contribution is -2.07. The van der Waals surface area contributed by atoms with E-state index in [1.165, 1.54) is 0 Å². The topological polar surface area (TPSA) is 94.0 Å². The summed E-state index contributed by atoms with van der Waals surface area (Å²) in [5, 5.41) is 14.3. The summed E-state index contributed by atoms with van der Waals surface area (Å²) in [6.07, 6.45) is 5.68. The van der Waals surface area contributed by atoms with Crippen LogP contribution in [0.1, 0.15) is 40.5 Å². The minimum absolute atomic E-state index is 0.0434. The number of pyridine rings is 2. The van der Waals surface area contributed by atoms with Crippen molar-refractivity contribution >= 4 is 17.0 Å². The molecule has 0 bridgehead atoms. The van der Waals surface area contributed by atoms with Crippen molar-refractivity contribution in [1.82, 2.24) is 19.7 Å². The molecule has 0 unspecified atom stereocenters. The maximum Gasteiger partial charge on any atom is 0.335 e. The maximum absolute atomic E-state index is 11.3. The Morgan fingerprint density at radius 3 is 2.48 bits per heavy atom. The van der Waals surface area contributed by atoms with E-state index in [1.807, 2.05) is 50.4 Å². The number of carboxylic acid groups (broad SMARTS) is 1. The molecule has 5 rings (SSSR count). The van der Waals surface area contributed by atoms with Gasteiger partial charge in [-0.15, -0.1) is 0 Å². The van der Waals surface area contributed by atoms with Gasteiger partial charge in [-0.05, 0) is 56.7 Å². The van der Waals surface area contributed by atoms with Gasteiger partial charge >= 0.3 is 5.97 Å². The molecular formula is C26H22N4O3. The third-order valence-corrected chi connectivity index (χ3v) is 5.97. The first kappa shape index (κ1) is 20.6. The number of fused-ring (bicyclic) bond motifs is 1. The van der Waals surface area contributed by atoms with E-state index in [0.29, 0.717) is 0 Å². The molecule has 1 atom stereocenters. The summed E-state index contributed by atoms with van der Waals surface area (Å²) in [5.41, 5.74) is 6.54.